The molecule has 4 rings (SSSR count). The third kappa shape index (κ3) is 6.06. The number of Topliss-reactive ketones (excluding diaryl/α,β-unsaturated/α-hetero) is 1. The molecule has 3 aromatic rings. The number of ether oxygens (including phenoxy) is 1. The zero-order valence-corrected chi connectivity index (χ0v) is 19.5. The maximum Gasteiger partial charge on any atom is 0.335 e. The number of carbonyl (C=O) groups excluding carboxylic acids is 1. The molecule has 0 amide bonds. The summed E-state index contributed by atoms with van der Waals surface area (Å²) in [6.07, 6.45) is 3.06. The molecule has 0 atom stereocenters. The molecule has 0 heterocycles. The third-order valence-electron chi connectivity index (χ3n) is 5.85. The largest absolute Gasteiger partial charge is 0.488 e. The zero-order chi connectivity index (χ0) is 23.9. The number of benzene rings is 3. The number of carbonyl (C=O) groups is 2. The molecule has 1 aliphatic carbocycles. The molecule has 3 aromatic carbocycles. The first-order chi connectivity index (χ1) is 16.5. The van der Waals surface area contributed by atoms with Crippen LogP contribution in [0.1, 0.15) is 47.2 Å². The van der Waals surface area contributed by atoms with E-state index >= 15 is 0 Å². The number of allylic oxidation sites excluding steroid dienone is 2. The van der Waals surface area contributed by atoms with Gasteiger partial charge in [-0.25, -0.2) is 4.79 Å². The number of aromatic carboxylic acids is 1. The minimum Gasteiger partial charge on any atom is -0.488 e. The highest BCUT2D eigenvalue weighted by atomic mass is 35.5. The summed E-state index contributed by atoms with van der Waals surface area (Å²) in [4.78, 5) is 23.9. The van der Waals surface area contributed by atoms with Crippen molar-refractivity contribution in [3.8, 4) is 5.75 Å². The fourth-order valence-electron chi connectivity index (χ4n) is 4.19. The lowest BCUT2D eigenvalue weighted by Gasteiger charge is -2.15. The van der Waals surface area contributed by atoms with Crippen LogP contribution in [0.4, 0.5) is 5.69 Å². The minimum absolute atomic E-state index is 0.0453. The smallest absolute Gasteiger partial charge is 0.335 e. The molecule has 0 saturated heterocycles. The lowest BCUT2D eigenvalue weighted by atomic mass is 9.98. The monoisotopic (exact) mass is 475 g/mol. The Bertz CT molecular complexity index is 1220. The second kappa shape index (κ2) is 11.0. The maximum atomic E-state index is 12.8. The second-order valence-corrected chi connectivity index (χ2v) is 8.74. The van der Waals surface area contributed by atoms with Crippen LogP contribution in [0.25, 0.3) is 5.57 Å². The molecule has 0 aliphatic heterocycles. The molecular weight excluding hydrogens is 450 g/mol. The summed E-state index contributed by atoms with van der Waals surface area (Å²) in [5.74, 6) is -0.190. The topological polar surface area (TPSA) is 75.6 Å². The van der Waals surface area contributed by atoms with E-state index < -0.39 is 5.97 Å². The Balaban J connectivity index is 1.47. The molecule has 0 spiro atoms. The van der Waals surface area contributed by atoms with Gasteiger partial charge in [-0.05, 0) is 66.8 Å². The maximum absolute atomic E-state index is 12.8. The number of rotatable bonds is 10. The fourth-order valence-corrected chi connectivity index (χ4v) is 4.36. The fraction of sp³-hybridized carbons (Fsp3) is 0.214. The van der Waals surface area contributed by atoms with Crippen molar-refractivity contribution < 1.29 is 19.4 Å². The van der Waals surface area contributed by atoms with Gasteiger partial charge < -0.3 is 15.2 Å². The van der Waals surface area contributed by atoms with Crippen molar-refractivity contribution in [1.29, 1.82) is 0 Å². The highest BCUT2D eigenvalue weighted by molar-refractivity contribution is 6.30. The van der Waals surface area contributed by atoms with Gasteiger partial charge in [0.05, 0.1) is 12.1 Å². The first-order valence-corrected chi connectivity index (χ1v) is 11.6. The summed E-state index contributed by atoms with van der Waals surface area (Å²) in [5.41, 5.74) is 5.07. The second-order valence-electron chi connectivity index (χ2n) is 8.31. The van der Waals surface area contributed by atoms with E-state index in [4.69, 9.17) is 21.4 Å². The van der Waals surface area contributed by atoms with Gasteiger partial charge in [-0.2, -0.15) is 0 Å². The molecular formula is C28H26ClNO4. The first kappa shape index (κ1) is 23.6. The van der Waals surface area contributed by atoms with E-state index in [1.165, 1.54) is 12.1 Å². The number of anilines is 1. The molecule has 0 saturated carbocycles. The molecule has 0 bridgehead atoms. The summed E-state index contributed by atoms with van der Waals surface area (Å²) >= 11 is 6.32. The Morgan fingerprint density at radius 1 is 0.971 bits per heavy atom. The number of halogens is 1. The average Bonchev–Trinajstić information content (AvgIpc) is 3.30. The molecule has 0 radical (unpaired) electrons. The highest BCUT2D eigenvalue weighted by Crippen LogP contribution is 2.41. The van der Waals surface area contributed by atoms with Crippen LogP contribution in [0.3, 0.4) is 0 Å². The van der Waals surface area contributed by atoms with Crippen molar-refractivity contribution in [2.45, 2.75) is 32.3 Å². The standard InChI is InChI=1S/C28H26ClNO4/c29-22-12-13-27(34-18-19-6-2-1-3-7-19)26(16-22)25-11-5-8-20(25)15-24(31)17-30-23-10-4-9-21(14-23)28(32)33/h1-4,6-7,9-10,12-14,16,30H,5,8,11,15,17-18H2,(H,32,33). The Morgan fingerprint density at radius 2 is 1.79 bits per heavy atom. The SMILES string of the molecule is O=C(CNc1cccc(C(=O)O)c1)CC1=C(c2cc(Cl)ccc2OCc2ccccc2)CCC1. The van der Waals surface area contributed by atoms with Crippen molar-refractivity contribution in [1.82, 2.24) is 0 Å². The van der Waals surface area contributed by atoms with Crippen molar-refractivity contribution in [3.05, 3.63) is 100 Å². The Kier molecular flexibility index (Phi) is 7.65. The van der Waals surface area contributed by atoms with Crippen molar-refractivity contribution in [2.75, 3.05) is 11.9 Å². The Labute approximate surface area is 204 Å². The van der Waals surface area contributed by atoms with E-state index in [2.05, 4.69) is 5.32 Å². The number of ketones is 1. The van der Waals surface area contributed by atoms with Crippen molar-refractivity contribution in [3.63, 3.8) is 0 Å². The van der Waals surface area contributed by atoms with Crippen LogP contribution in [0.15, 0.2) is 78.4 Å². The molecule has 6 heteroatoms. The van der Waals surface area contributed by atoms with Crippen LogP contribution in [0, 0.1) is 0 Å². The summed E-state index contributed by atoms with van der Waals surface area (Å²) in [7, 11) is 0. The average molecular weight is 476 g/mol. The molecule has 34 heavy (non-hydrogen) atoms. The van der Waals surface area contributed by atoms with Crippen LogP contribution in [-0.4, -0.2) is 23.4 Å². The van der Waals surface area contributed by atoms with E-state index in [0.717, 1.165) is 47.3 Å². The summed E-state index contributed by atoms with van der Waals surface area (Å²) < 4.78 is 6.14. The van der Waals surface area contributed by atoms with E-state index in [1.807, 2.05) is 48.5 Å². The number of nitrogens with one attached hydrogen (secondary N) is 1. The summed E-state index contributed by atoms with van der Waals surface area (Å²) in [6, 6.07) is 22.1. The van der Waals surface area contributed by atoms with Gasteiger partial charge in [0.25, 0.3) is 0 Å². The van der Waals surface area contributed by atoms with Crippen LogP contribution in [-0.2, 0) is 11.4 Å². The van der Waals surface area contributed by atoms with Gasteiger partial charge in [0.1, 0.15) is 12.4 Å². The van der Waals surface area contributed by atoms with Gasteiger partial charge in [0.15, 0.2) is 5.78 Å². The van der Waals surface area contributed by atoms with Crippen molar-refractivity contribution in [2.24, 2.45) is 0 Å². The van der Waals surface area contributed by atoms with E-state index in [0.29, 0.717) is 23.7 Å². The van der Waals surface area contributed by atoms with Crippen LogP contribution in [0.2, 0.25) is 5.02 Å². The number of carboxylic acid groups (broad SMARTS) is 1. The molecule has 2 N–H and O–H groups in total. The van der Waals surface area contributed by atoms with Crippen molar-refractivity contribution >= 4 is 34.6 Å². The number of carboxylic acids is 1. The lowest BCUT2D eigenvalue weighted by molar-refractivity contribution is -0.116. The van der Waals surface area contributed by atoms with Gasteiger partial charge in [-0.3, -0.25) is 4.79 Å². The zero-order valence-electron chi connectivity index (χ0n) is 18.7. The minimum atomic E-state index is -0.998. The Hall–Kier alpha value is -3.57. The molecule has 0 unspecified atom stereocenters. The predicted octanol–water partition coefficient (Wildman–Crippen LogP) is 6.63. The lowest BCUT2D eigenvalue weighted by Crippen LogP contribution is -2.14. The predicted molar refractivity (Wildman–Crippen MR) is 135 cm³/mol. The quantitative estimate of drug-likeness (QED) is 0.344. The molecule has 0 aromatic heterocycles. The first-order valence-electron chi connectivity index (χ1n) is 11.3. The van der Waals surface area contributed by atoms with Gasteiger partial charge >= 0.3 is 5.97 Å². The van der Waals surface area contributed by atoms with Gasteiger partial charge in [-0.1, -0.05) is 53.6 Å². The summed E-state index contributed by atoms with van der Waals surface area (Å²) in [6.45, 7) is 0.586. The Morgan fingerprint density at radius 3 is 2.59 bits per heavy atom. The van der Waals surface area contributed by atoms with E-state index in [-0.39, 0.29) is 17.9 Å². The molecule has 0 fully saturated rings. The molecule has 174 valence electrons. The van der Waals surface area contributed by atoms with Crippen LogP contribution >= 0.6 is 11.6 Å². The number of hydrogen-bond acceptors (Lipinski definition) is 4. The van der Waals surface area contributed by atoms with Gasteiger partial charge in [-0.15, -0.1) is 0 Å². The van der Waals surface area contributed by atoms with Gasteiger partial charge in [0.2, 0.25) is 0 Å². The molecule has 5 nitrogen and oxygen atoms in total. The molecule has 1 aliphatic rings. The van der Waals surface area contributed by atoms with Gasteiger partial charge in [0, 0.05) is 22.7 Å². The normalized spacial score (nSPS) is 13.1. The third-order valence-corrected chi connectivity index (χ3v) is 6.08. The van der Waals surface area contributed by atoms with Crippen LogP contribution < -0.4 is 10.1 Å². The van der Waals surface area contributed by atoms with Crippen LogP contribution in [0.5, 0.6) is 5.75 Å². The van der Waals surface area contributed by atoms with E-state index in [1.54, 1.807) is 12.1 Å². The summed E-state index contributed by atoms with van der Waals surface area (Å²) in [5, 5.41) is 12.8. The van der Waals surface area contributed by atoms with E-state index in [9.17, 15) is 9.59 Å². The number of hydrogen-bond donors (Lipinski definition) is 2. The highest BCUT2D eigenvalue weighted by Gasteiger charge is 2.21.